The van der Waals surface area contributed by atoms with E-state index in [1.807, 2.05) is 11.4 Å². The molecule has 148 valence electrons. The first-order valence-electron chi connectivity index (χ1n) is 8.56. The fraction of sp³-hybridized carbons (Fsp3) is 0.444. The zero-order valence-corrected chi connectivity index (χ0v) is 16.3. The van der Waals surface area contributed by atoms with Crippen molar-refractivity contribution in [2.24, 2.45) is 0 Å². The summed E-state index contributed by atoms with van der Waals surface area (Å²) in [5.74, 6) is -0.552. The molecule has 0 bridgehead atoms. The maximum absolute atomic E-state index is 13.8. The van der Waals surface area contributed by atoms with Gasteiger partial charge in [0.05, 0.1) is 17.4 Å². The van der Waals surface area contributed by atoms with E-state index in [0.29, 0.717) is 13.2 Å². The van der Waals surface area contributed by atoms with Crippen LogP contribution in [-0.4, -0.2) is 43.3 Å². The number of hydrogen-bond acceptors (Lipinski definition) is 5. The number of halogens is 4. The molecule has 0 N–H and O–H groups in total. The summed E-state index contributed by atoms with van der Waals surface area (Å²) in [6.07, 6.45) is -4.47. The van der Waals surface area contributed by atoms with Crippen molar-refractivity contribution in [2.75, 3.05) is 37.7 Å². The van der Waals surface area contributed by atoms with E-state index in [4.69, 9.17) is 4.74 Å². The molecule has 1 saturated heterocycles. The Balaban J connectivity index is 1.79. The van der Waals surface area contributed by atoms with Crippen molar-refractivity contribution in [1.29, 1.82) is 0 Å². The van der Waals surface area contributed by atoms with Crippen LogP contribution in [0, 0.1) is 5.82 Å². The van der Waals surface area contributed by atoms with Crippen molar-refractivity contribution in [3.8, 4) is 0 Å². The largest absolute Gasteiger partial charge is 0.408 e. The van der Waals surface area contributed by atoms with Gasteiger partial charge in [-0.2, -0.15) is 13.2 Å². The van der Waals surface area contributed by atoms with E-state index in [2.05, 4.69) is 4.90 Å². The molecule has 0 amide bonds. The third kappa shape index (κ3) is 5.16. The van der Waals surface area contributed by atoms with Crippen LogP contribution in [-0.2, 0) is 4.74 Å². The third-order valence-corrected chi connectivity index (χ3v) is 6.46. The van der Waals surface area contributed by atoms with Gasteiger partial charge in [0, 0.05) is 30.7 Å². The lowest BCUT2D eigenvalue weighted by atomic mass is 10.1. The maximum atomic E-state index is 13.8. The molecule has 1 aliphatic heterocycles. The van der Waals surface area contributed by atoms with Crippen LogP contribution in [0.1, 0.15) is 18.5 Å². The summed E-state index contributed by atoms with van der Waals surface area (Å²) in [7, 11) is 0. The van der Waals surface area contributed by atoms with Crippen molar-refractivity contribution in [1.82, 2.24) is 4.31 Å². The topological polar surface area (TPSA) is 15.7 Å². The van der Waals surface area contributed by atoms with Gasteiger partial charge in [0.1, 0.15) is 11.9 Å². The van der Waals surface area contributed by atoms with Gasteiger partial charge in [-0.15, -0.1) is 11.3 Å². The van der Waals surface area contributed by atoms with Gasteiger partial charge in [0.2, 0.25) is 0 Å². The summed E-state index contributed by atoms with van der Waals surface area (Å²) in [4.78, 5) is 2.17. The molecule has 1 fully saturated rings. The molecule has 3 rings (SSSR count). The van der Waals surface area contributed by atoms with Crippen LogP contribution < -0.4 is 4.90 Å². The van der Waals surface area contributed by atoms with Crippen molar-refractivity contribution < 1.29 is 22.3 Å². The Morgan fingerprint density at radius 3 is 2.48 bits per heavy atom. The van der Waals surface area contributed by atoms with E-state index in [9.17, 15) is 17.6 Å². The zero-order valence-electron chi connectivity index (χ0n) is 14.7. The molecule has 2 aromatic rings. The van der Waals surface area contributed by atoms with E-state index in [1.165, 1.54) is 27.8 Å². The van der Waals surface area contributed by atoms with Crippen LogP contribution in [0.25, 0.3) is 0 Å². The Kier molecular flexibility index (Phi) is 6.67. The summed E-state index contributed by atoms with van der Waals surface area (Å²) < 4.78 is 61.9. The lowest BCUT2D eigenvalue weighted by molar-refractivity contribution is -0.172. The molecule has 1 unspecified atom stereocenters. The van der Waals surface area contributed by atoms with Crippen molar-refractivity contribution in [2.45, 2.75) is 23.4 Å². The van der Waals surface area contributed by atoms with Gasteiger partial charge in [0.25, 0.3) is 0 Å². The Morgan fingerprint density at radius 2 is 1.89 bits per heavy atom. The molecule has 1 aromatic heterocycles. The van der Waals surface area contributed by atoms with Gasteiger partial charge in [-0.3, -0.25) is 0 Å². The van der Waals surface area contributed by atoms with E-state index < -0.39 is 18.0 Å². The highest BCUT2D eigenvalue weighted by atomic mass is 32.2. The standard InChI is InChI=1S/C18H20F4N2OS2/c1-2-24(17(18(20,21)22)13-3-5-14(19)6-4-13)27-16-11-15(12-26-16)23-7-9-25-10-8-23/h3-6,11-12,17H,2,7-10H2,1H3. The molecule has 0 spiro atoms. The molecule has 1 atom stereocenters. The number of rotatable bonds is 6. The minimum Gasteiger partial charge on any atom is -0.378 e. The quantitative estimate of drug-likeness (QED) is 0.462. The van der Waals surface area contributed by atoms with Gasteiger partial charge in [-0.1, -0.05) is 19.1 Å². The molecule has 0 radical (unpaired) electrons. The first-order chi connectivity index (χ1) is 12.9. The van der Waals surface area contributed by atoms with E-state index in [0.717, 1.165) is 47.1 Å². The lowest BCUT2D eigenvalue weighted by Gasteiger charge is -2.31. The average molecular weight is 420 g/mol. The number of alkyl halides is 3. The minimum atomic E-state index is -4.47. The van der Waals surface area contributed by atoms with Gasteiger partial charge >= 0.3 is 6.18 Å². The van der Waals surface area contributed by atoms with Gasteiger partial charge in [-0.25, -0.2) is 8.70 Å². The molecule has 1 aromatic carbocycles. The van der Waals surface area contributed by atoms with Crippen LogP contribution >= 0.6 is 23.3 Å². The first kappa shape index (κ1) is 20.4. The number of ether oxygens (including phenoxy) is 1. The Labute approximate surface area is 164 Å². The number of benzene rings is 1. The first-order valence-corrected chi connectivity index (χ1v) is 10.2. The number of morpholine rings is 1. The van der Waals surface area contributed by atoms with Crippen LogP contribution in [0.4, 0.5) is 23.2 Å². The highest BCUT2D eigenvalue weighted by Gasteiger charge is 2.45. The molecular formula is C18H20F4N2OS2. The molecule has 3 nitrogen and oxygen atoms in total. The van der Waals surface area contributed by atoms with Crippen LogP contribution in [0.3, 0.4) is 0 Å². The number of anilines is 1. The highest BCUT2D eigenvalue weighted by Crippen LogP contribution is 2.44. The zero-order chi connectivity index (χ0) is 19.4. The highest BCUT2D eigenvalue weighted by molar-refractivity contribution is 7.98. The molecule has 27 heavy (non-hydrogen) atoms. The smallest absolute Gasteiger partial charge is 0.378 e. The monoisotopic (exact) mass is 420 g/mol. The molecule has 1 aliphatic rings. The SMILES string of the molecule is CCN(Sc1cc(N2CCOCC2)cs1)C(c1ccc(F)cc1)C(F)(F)F. The van der Waals surface area contributed by atoms with Crippen LogP contribution in [0.15, 0.2) is 39.9 Å². The summed E-state index contributed by atoms with van der Waals surface area (Å²) in [6.45, 7) is 4.74. The average Bonchev–Trinajstić information content (AvgIpc) is 3.11. The summed E-state index contributed by atoms with van der Waals surface area (Å²) >= 11 is 2.51. The Hall–Kier alpha value is -1.29. The molecule has 2 heterocycles. The second kappa shape index (κ2) is 8.81. The van der Waals surface area contributed by atoms with Gasteiger partial charge < -0.3 is 9.64 Å². The van der Waals surface area contributed by atoms with E-state index in [-0.39, 0.29) is 12.1 Å². The summed E-state index contributed by atoms with van der Waals surface area (Å²) in [6, 6.07) is 4.64. The van der Waals surface area contributed by atoms with Gasteiger partial charge in [-0.05, 0) is 35.7 Å². The second-order valence-electron chi connectivity index (χ2n) is 6.04. The van der Waals surface area contributed by atoms with Crippen LogP contribution in [0.5, 0.6) is 0 Å². The fourth-order valence-corrected chi connectivity index (χ4v) is 5.05. The Bertz CT molecular complexity index is 730. The van der Waals surface area contributed by atoms with Crippen molar-refractivity contribution in [3.63, 3.8) is 0 Å². The van der Waals surface area contributed by atoms with Gasteiger partial charge in [0.15, 0.2) is 0 Å². The Morgan fingerprint density at radius 1 is 1.22 bits per heavy atom. The summed E-state index contributed by atoms with van der Waals surface area (Å²) in [5, 5.41) is 1.96. The van der Waals surface area contributed by atoms with E-state index >= 15 is 0 Å². The predicted molar refractivity (Wildman–Crippen MR) is 101 cm³/mol. The summed E-state index contributed by atoms with van der Waals surface area (Å²) in [5.41, 5.74) is 1.04. The van der Waals surface area contributed by atoms with E-state index in [1.54, 1.807) is 6.92 Å². The number of nitrogens with zero attached hydrogens (tertiary/aromatic N) is 2. The number of thiophene rings is 1. The lowest BCUT2D eigenvalue weighted by Crippen LogP contribution is -2.35. The normalized spacial score (nSPS) is 16.7. The van der Waals surface area contributed by atoms with Crippen molar-refractivity contribution in [3.05, 3.63) is 47.1 Å². The fourth-order valence-electron chi connectivity index (χ4n) is 2.92. The molecule has 9 heteroatoms. The maximum Gasteiger partial charge on any atom is 0.408 e. The molecule has 0 aliphatic carbocycles. The minimum absolute atomic E-state index is 0.0307. The molecular weight excluding hydrogens is 400 g/mol. The number of hydrogen-bond donors (Lipinski definition) is 0. The second-order valence-corrected chi connectivity index (χ2v) is 8.30. The third-order valence-electron chi connectivity index (χ3n) is 4.24. The predicted octanol–water partition coefficient (Wildman–Crippen LogP) is 5.36. The van der Waals surface area contributed by atoms with Crippen molar-refractivity contribution >= 4 is 29.0 Å². The molecule has 0 saturated carbocycles. The van der Waals surface area contributed by atoms with Crippen LogP contribution in [0.2, 0.25) is 0 Å².